The first kappa shape index (κ1) is 14.6. The van der Waals surface area contributed by atoms with Crippen LogP contribution in [0.4, 0.5) is 5.69 Å². The SMILES string of the molecule is COc1c(-c2ccccc2)ccc2c1N(N)[C@@H](c1ccccc1)O2. The second-order valence-corrected chi connectivity index (χ2v) is 5.65. The highest BCUT2D eigenvalue weighted by atomic mass is 16.5. The van der Waals surface area contributed by atoms with Crippen molar-refractivity contribution < 1.29 is 9.47 Å². The van der Waals surface area contributed by atoms with Gasteiger partial charge in [0.1, 0.15) is 5.69 Å². The molecule has 4 heteroatoms. The van der Waals surface area contributed by atoms with Crippen molar-refractivity contribution in [2.24, 2.45) is 5.84 Å². The van der Waals surface area contributed by atoms with Crippen molar-refractivity contribution in [3.05, 3.63) is 78.4 Å². The second-order valence-electron chi connectivity index (χ2n) is 5.65. The highest BCUT2D eigenvalue weighted by Crippen LogP contribution is 2.50. The Morgan fingerprint density at radius 1 is 0.917 bits per heavy atom. The molecule has 0 unspecified atom stereocenters. The normalized spacial score (nSPS) is 15.8. The van der Waals surface area contributed by atoms with E-state index in [1.165, 1.54) is 0 Å². The summed E-state index contributed by atoms with van der Waals surface area (Å²) in [5.41, 5.74) is 3.84. The van der Waals surface area contributed by atoms with Gasteiger partial charge >= 0.3 is 0 Å². The van der Waals surface area contributed by atoms with Crippen LogP contribution in [-0.2, 0) is 0 Å². The van der Waals surface area contributed by atoms with Crippen molar-refractivity contribution in [3.63, 3.8) is 0 Å². The Kier molecular flexibility index (Phi) is 3.59. The third-order valence-corrected chi connectivity index (χ3v) is 4.22. The molecule has 2 N–H and O–H groups in total. The maximum atomic E-state index is 6.37. The van der Waals surface area contributed by atoms with E-state index in [0.29, 0.717) is 0 Å². The third kappa shape index (κ3) is 2.28. The van der Waals surface area contributed by atoms with Crippen LogP contribution < -0.4 is 20.3 Å². The van der Waals surface area contributed by atoms with Crippen LogP contribution in [0.15, 0.2) is 72.8 Å². The molecule has 3 aromatic rings. The summed E-state index contributed by atoms with van der Waals surface area (Å²) < 4.78 is 11.8. The number of hydrazine groups is 1. The summed E-state index contributed by atoms with van der Waals surface area (Å²) in [6.07, 6.45) is -0.360. The molecule has 0 amide bonds. The smallest absolute Gasteiger partial charge is 0.212 e. The number of hydrogen-bond donors (Lipinski definition) is 1. The fourth-order valence-electron chi connectivity index (χ4n) is 3.08. The minimum absolute atomic E-state index is 0.360. The van der Waals surface area contributed by atoms with Crippen LogP contribution in [0, 0.1) is 0 Å². The quantitative estimate of drug-likeness (QED) is 0.738. The van der Waals surface area contributed by atoms with Crippen LogP contribution >= 0.6 is 0 Å². The van der Waals surface area contributed by atoms with Gasteiger partial charge in [0.2, 0.25) is 6.23 Å². The molecule has 24 heavy (non-hydrogen) atoms. The lowest BCUT2D eigenvalue weighted by atomic mass is 10.0. The molecule has 0 bridgehead atoms. The zero-order valence-corrected chi connectivity index (χ0v) is 13.3. The molecule has 0 radical (unpaired) electrons. The van der Waals surface area contributed by atoms with E-state index in [2.05, 4.69) is 12.1 Å². The number of benzene rings is 3. The summed E-state index contributed by atoms with van der Waals surface area (Å²) in [6.45, 7) is 0. The number of hydrogen-bond acceptors (Lipinski definition) is 4. The second kappa shape index (κ2) is 5.91. The molecule has 4 rings (SSSR count). The molecule has 0 aromatic heterocycles. The van der Waals surface area contributed by atoms with Gasteiger partial charge in [-0.05, 0) is 17.7 Å². The Bertz CT molecular complexity index is 850. The van der Waals surface area contributed by atoms with Crippen LogP contribution in [0.25, 0.3) is 11.1 Å². The van der Waals surface area contributed by atoms with Gasteiger partial charge in [-0.15, -0.1) is 0 Å². The summed E-state index contributed by atoms with van der Waals surface area (Å²) >= 11 is 0. The molecule has 1 atom stereocenters. The molecular formula is C20H18N2O2. The molecule has 1 heterocycles. The van der Waals surface area contributed by atoms with Gasteiger partial charge in [0.05, 0.1) is 7.11 Å². The molecule has 3 aromatic carbocycles. The van der Waals surface area contributed by atoms with Gasteiger partial charge in [0.25, 0.3) is 0 Å². The molecule has 0 fully saturated rings. The minimum atomic E-state index is -0.360. The number of nitrogens with two attached hydrogens (primary N) is 1. The van der Waals surface area contributed by atoms with E-state index in [0.717, 1.165) is 33.9 Å². The van der Waals surface area contributed by atoms with Crippen molar-refractivity contribution in [1.29, 1.82) is 0 Å². The number of fused-ring (bicyclic) bond motifs is 1. The summed E-state index contributed by atoms with van der Waals surface area (Å²) in [6, 6.07) is 24.0. The highest BCUT2D eigenvalue weighted by Gasteiger charge is 2.34. The molecule has 0 saturated carbocycles. The number of anilines is 1. The van der Waals surface area contributed by atoms with Gasteiger partial charge in [0.15, 0.2) is 11.5 Å². The summed E-state index contributed by atoms with van der Waals surface area (Å²) in [7, 11) is 1.66. The van der Waals surface area contributed by atoms with E-state index in [1.54, 1.807) is 12.1 Å². The molecule has 120 valence electrons. The molecule has 0 saturated heterocycles. The van der Waals surface area contributed by atoms with Crippen molar-refractivity contribution in [2.45, 2.75) is 6.23 Å². The van der Waals surface area contributed by atoms with E-state index in [1.807, 2.05) is 60.7 Å². The monoisotopic (exact) mass is 318 g/mol. The van der Waals surface area contributed by atoms with Crippen molar-refractivity contribution in [1.82, 2.24) is 0 Å². The standard InChI is InChI=1S/C20H18N2O2/c1-23-19-16(14-8-4-2-5-9-14)12-13-17-18(19)22(21)20(24-17)15-10-6-3-7-11-15/h2-13,20H,21H2,1H3/t20-/m1/s1. The minimum Gasteiger partial charge on any atom is -0.494 e. The number of nitrogens with zero attached hydrogens (tertiary/aromatic N) is 1. The number of rotatable bonds is 3. The predicted molar refractivity (Wildman–Crippen MR) is 94.9 cm³/mol. The molecule has 4 nitrogen and oxygen atoms in total. The summed E-state index contributed by atoms with van der Waals surface area (Å²) in [5.74, 6) is 7.82. The Labute approximate surface area is 141 Å². The van der Waals surface area contributed by atoms with Gasteiger partial charge in [-0.1, -0.05) is 60.7 Å². The van der Waals surface area contributed by atoms with Crippen LogP contribution in [0.2, 0.25) is 0 Å². The molecule has 0 aliphatic carbocycles. The number of ether oxygens (including phenoxy) is 2. The average Bonchev–Trinajstić information content (AvgIpc) is 2.99. The third-order valence-electron chi connectivity index (χ3n) is 4.22. The van der Waals surface area contributed by atoms with Crippen LogP contribution in [0.1, 0.15) is 11.8 Å². The first-order valence-corrected chi connectivity index (χ1v) is 7.81. The topological polar surface area (TPSA) is 47.7 Å². The summed E-state index contributed by atoms with van der Waals surface area (Å²) in [4.78, 5) is 0. The van der Waals surface area contributed by atoms with E-state index in [9.17, 15) is 0 Å². The largest absolute Gasteiger partial charge is 0.494 e. The molecule has 1 aliphatic rings. The van der Waals surface area contributed by atoms with Crippen molar-refractivity contribution in [3.8, 4) is 22.6 Å². The zero-order valence-electron chi connectivity index (χ0n) is 13.3. The summed E-state index contributed by atoms with van der Waals surface area (Å²) in [5, 5.41) is 1.63. The Morgan fingerprint density at radius 2 is 1.58 bits per heavy atom. The first-order valence-electron chi connectivity index (χ1n) is 7.81. The Hall–Kier alpha value is -2.98. The van der Waals surface area contributed by atoms with Crippen molar-refractivity contribution in [2.75, 3.05) is 12.1 Å². The number of methoxy groups -OCH3 is 1. The van der Waals surface area contributed by atoms with Gasteiger partial charge in [-0.2, -0.15) is 0 Å². The lowest BCUT2D eigenvalue weighted by Gasteiger charge is -2.21. The lowest BCUT2D eigenvalue weighted by molar-refractivity contribution is 0.229. The van der Waals surface area contributed by atoms with Crippen LogP contribution in [0.5, 0.6) is 11.5 Å². The molecule has 0 spiro atoms. The fourth-order valence-corrected chi connectivity index (χ4v) is 3.08. The highest BCUT2D eigenvalue weighted by molar-refractivity contribution is 5.83. The van der Waals surface area contributed by atoms with Crippen LogP contribution in [0.3, 0.4) is 0 Å². The maximum Gasteiger partial charge on any atom is 0.212 e. The Balaban J connectivity index is 1.81. The predicted octanol–water partition coefficient (Wildman–Crippen LogP) is 4.13. The van der Waals surface area contributed by atoms with Crippen molar-refractivity contribution >= 4 is 5.69 Å². The van der Waals surface area contributed by atoms with Gasteiger partial charge in [-0.25, -0.2) is 5.84 Å². The maximum absolute atomic E-state index is 6.37. The first-order chi connectivity index (χ1) is 11.8. The lowest BCUT2D eigenvalue weighted by Crippen LogP contribution is -2.33. The van der Waals surface area contributed by atoms with E-state index in [4.69, 9.17) is 15.3 Å². The van der Waals surface area contributed by atoms with Gasteiger partial charge in [-0.3, -0.25) is 5.01 Å². The Morgan fingerprint density at radius 3 is 2.25 bits per heavy atom. The van der Waals surface area contributed by atoms with Gasteiger partial charge in [0, 0.05) is 11.1 Å². The fraction of sp³-hybridized carbons (Fsp3) is 0.100. The van der Waals surface area contributed by atoms with Crippen LogP contribution in [-0.4, -0.2) is 7.11 Å². The zero-order chi connectivity index (χ0) is 16.5. The molecular weight excluding hydrogens is 300 g/mol. The van der Waals surface area contributed by atoms with Gasteiger partial charge < -0.3 is 9.47 Å². The van der Waals surface area contributed by atoms with E-state index in [-0.39, 0.29) is 6.23 Å². The van der Waals surface area contributed by atoms with E-state index < -0.39 is 0 Å². The average molecular weight is 318 g/mol. The molecule has 1 aliphatic heterocycles. The van der Waals surface area contributed by atoms with E-state index >= 15 is 0 Å².